The molecule has 0 aliphatic carbocycles. The van der Waals surface area contributed by atoms with Gasteiger partial charge in [0.1, 0.15) is 5.75 Å². The Hall–Kier alpha value is -1.55. The first-order valence-electron chi connectivity index (χ1n) is 6.26. The molecular weight excluding hydrogens is 226 g/mol. The number of nitrogens with one attached hydrogen (secondary N) is 1. The van der Waals surface area contributed by atoms with E-state index < -0.39 is 0 Å². The van der Waals surface area contributed by atoms with Crippen molar-refractivity contribution < 1.29 is 4.74 Å². The molecule has 0 fully saturated rings. The van der Waals surface area contributed by atoms with Gasteiger partial charge in [-0.25, -0.2) is 0 Å². The fourth-order valence-corrected chi connectivity index (χ4v) is 1.82. The van der Waals surface area contributed by atoms with Crippen LogP contribution in [0, 0.1) is 11.3 Å². The molecule has 0 aliphatic rings. The molecule has 3 N–H and O–H groups in total. The van der Waals surface area contributed by atoms with E-state index in [2.05, 4.69) is 17.9 Å². The summed E-state index contributed by atoms with van der Waals surface area (Å²) < 4.78 is 5.22. The summed E-state index contributed by atoms with van der Waals surface area (Å²) in [6, 6.07) is 8.07. The van der Waals surface area contributed by atoms with E-state index in [0.717, 1.165) is 25.4 Å². The fourth-order valence-electron chi connectivity index (χ4n) is 1.82. The molecule has 0 heterocycles. The number of methoxy groups -OCH3 is 1. The lowest BCUT2D eigenvalue weighted by Crippen LogP contribution is -2.34. The van der Waals surface area contributed by atoms with Crippen LogP contribution in [0.5, 0.6) is 5.75 Å². The second-order valence-corrected chi connectivity index (χ2v) is 4.54. The van der Waals surface area contributed by atoms with Gasteiger partial charge in [-0.05, 0) is 24.2 Å². The maximum Gasteiger partial charge on any atom is 0.119 e. The third-order valence-electron chi connectivity index (χ3n) is 3.05. The highest BCUT2D eigenvalue weighted by atomic mass is 16.5. The third kappa shape index (κ3) is 4.37. The van der Waals surface area contributed by atoms with Crippen molar-refractivity contribution in [1.82, 2.24) is 4.90 Å². The van der Waals surface area contributed by atoms with Gasteiger partial charge in [0.25, 0.3) is 0 Å². The zero-order valence-corrected chi connectivity index (χ0v) is 11.4. The van der Waals surface area contributed by atoms with Crippen molar-refractivity contribution in [2.75, 3.05) is 20.2 Å². The average molecular weight is 249 g/mol. The number of nitrogens with zero attached hydrogens (tertiary/aromatic N) is 1. The van der Waals surface area contributed by atoms with E-state index in [1.165, 1.54) is 5.56 Å². The second-order valence-electron chi connectivity index (χ2n) is 4.54. The SMILES string of the molecule is CCN(Cc1cccc(OC)c1)CC(C)C(=N)N. The Morgan fingerprint density at radius 3 is 2.78 bits per heavy atom. The summed E-state index contributed by atoms with van der Waals surface area (Å²) in [7, 11) is 1.68. The Kier molecular flexibility index (Phi) is 5.65. The molecule has 18 heavy (non-hydrogen) atoms. The minimum Gasteiger partial charge on any atom is -0.497 e. The van der Waals surface area contributed by atoms with Crippen LogP contribution >= 0.6 is 0 Å². The Bertz CT molecular complexity index is 392. The lowest BCUT2D eigenvalue weighted by molar-refractivity contribution is 0.262. The number of nitrogens with two attached hydrogens (primary N) is 1. The van der Waals surface area contributed by atoms with Gasteiger partial charge in [0, 0.05) is 19.0 Å². The number of benzene rings is 1. The number of amidine groups is 1. The third-order valence-corrected chi connectivity index (χ3v) is 3.05. The van der Waals surface area contributed by atoms with Crippen LogP contribution in [0.4, 0.5) is 0 Å². The van der Waals surface area contributed by atoms with E-state index in [4.69, 9.17) is 15.9 Å². The first-order valence-corrected chi connectivity index (χ1v) is 6.26. The number of hydrogen-bond acceptors (Lipinski definition) is 3. The minimum atomic E-state index is 0.0931. The predicted octanol–water partition coefficient (Wildman–Crippen LogP) is 2.09. The highest BCUT2D eigenvalue weighted by molar-refractivity contribution is 5.79. The normalized spacial score (nSPS) is 12.4. The molecule has 4 heteroatoms. The molecule has 1 aromatic rings. The fraction of sp³-hybridized carbons (Fsp3) is 0.500. The number of hydrogen-bond donors (Lipinski definition) is 2. The maximum absolute atomic E-state index is 7.44. The zero-order chi connectivity index (χ0) is 13.5. The average Bonchev–Trinajstić information content (AvgIpc) is 2.37. The van der Waals surface area contributed by atoms with Crippen molar-refractivity contribution >= 4 is 5.84 Å². The van der Waals surface area contributed by atoms with Crippen molar-refractivity contribution in [3.63, 3.8) is 0 Å². The van der Waals surface area contributed by atoms with Gasteiger partial charge in [-0.2, -0.15) is 0 Å². The van der Waals surface area contributed by atoms with E-state index in [0.29, 0.717) is 0 Å². The summed E-state index contributed by atoms with van der Waals surface area (Å²) in [5.74, 6) is 1.22. The van der Waals surface area contributed by atoms with Crippen LogP contribution in [0.2, 0.25) is 0 Å². The van der Waals surface area contributed by atoms with E-state index in [9.17, 15) is 0 Å². The summed E-state index contributed by atoms with van der Waals surface area (Å²) in [6.45, 7) is 6.70. The lowest BCUT2D eigenvalue weighted by atomic mass is 10.1. The molecule has 0 radical (unpaired) electrons. The summed E-state index contributed by atoms with van der Waals surface area (Å²) >= 11 is 0. The molecule has 1 aromatic carbocycles. The Labute approximate surface area is 109 Å². The zero-order valence-electron chi connectivity index (χ0n) is 11.4. The molecular formula is C14H23N3O. The molecule has 1 atom stereocenters. The molecule has 4 nitrogen and oxygen atoms in total. The van der Waals surface area contributed by atoms with Gasteiger partial charge in [0.2, 0.25) is 0 Å². The van der Waals surface area contributed by atoms with Crippen LogP contribution in [0.1, 0.15) is 19.4 Å². The van der Waals surface area contributed by atoms with Crippen molar-refractivity contribution in [2.24, 2.45) is 11.7 Å². The van der Waals surface area contributed by atoms with Gasteiger partial charge in [0.15, 0.2) is 0 Å². The highest BCUT2D eigenvalue weighted by Gasteiger charge is 2.11. The van der Waals surface area contributed by atoms with Gasteiger partial charge >= 0.3 is 0 Å². The van der Waals surface area contributed by atoms with Crippen LogP contribution in [-0.2, 0) is 6.54 Å². The summed E-state index contributed by atoms with van der Waals surface area (Å²) in [5, 5.41) is 7.44. The first kappa shape index (κ1) is 14.5. The van der Waals surface area contributed by atoms with E-state index in [-0.39, 0.29) is 11.8 Å². The first-order chi connectivity index (χ1) is 8.56. The van der Waals surface area contributed by atoms with Crippen LogP contribution in [0.3, 0.4) is 0 Å². The topological polar surface area (TPSA) is 62.3 Å². The molecule has 1 rings (SSSR count). The summed E-state index contributed by atoms with van der Waals surface area (Å²) in [6.07, 6.45) is 0. The van der Waals surface area contributed by atoms with E-state index in [1.807, 2.05) is 25.1 Å². The molecule has 0 bridgehead atoms. The molecule has 0 amide bonds. The van der Waals surface area contributed by atoms with Crippen molar-refractivity contribution in [2.45, 2.75) is 20.4 Å². The van der Waals surface area contributed by atoms with Gasteiger partial charge in [0.05, 0.1) is 12.9 Å². The van der Waals surface area contributed by atoms with Gasteiger partial charge in [-0.3, -0.25) is 10.3 Å². The maximum atomic E-state index is 7.44. The lowest BCUT2D eigenvalue weighted by Gasteiger charge is -2.23. The second kappa shape index (κ2) is 7.01. The van der Waals surface area contributed by atoms with Crippen LogP contribution in [0.25, 0.3) is 0 Å². The van der Waals surface area contributed by atoms with Crippen LogP contribution in [-0.4, -0.2) is 30.9 Å². The highest BCUT2D eigenvalue weighted by Crippen LogP contribution is 2.14. The standard InChI is InChI=1S/C14H23N3O/c1-4-17(9-11(2)14(15)16)10-12-6-5-7-13(8-12)18-3/h5-8,11H,4,9-10H2,1-3H3,(H3,15,16). The van der Waals surface area contributed by atoms with Gasteiger partial charge in [-0.1, -0.05) is 26.0 Å². The molecule has 0 saturated carbocycles. The van der Waals surface area contributed by atoms with E-state index >= 15 is 0 Å². The van der Waals surface area contributed by atoms with Crippen LogP contribution < -0.4 is 10.5 Å². The van der Waals surface area contributed by atoms with Crippen molar-refractivity contribution in [3.05, 3.63) is 29.8 Å². The quantitative estimate of drug-likeness (QED) is 0.574. The molecule has 0 saturated heterocycles. The Balaban J connectivity index is 2.64. The number of rotatable bonds is 7. The Morgan fingerprint density at radius 2 is 2.22 bits per heavy atom. The smallest absolute Gasteiger partial charge is 0.119 e. The van der Waals surface area contributed by atoms with Crippen molar-refractivity contribution in [1.29, 1.82) is 5.41 Å². The molecule has 100 valence electrons. The van der Waals surface area contributed by atoms with Crippen molar-refractivity contribution in [3.8, 4) is 5.75 Å². The van der Waals surface area contributed by atoms with Gasteiger partial charge in [-0.15, -0.1) is 0 Å². The molecule has 0 spiro atoms. The number of ether oxygens (including phenoxy) is 1. The van der Waals surface area contributed by atoms with Gasteiger partial charge < -0.3 is 10.5 Å². The molecule has 1 unspecified atom stereocenters. The minimum absolute atomic E-state index is 0.0931. The molecule has 0 aliphatic heterocycles. The predicted molar refractivity (Wildman–Crippen MR) is 75.0 cm³/mol. The largest absolute Gasteiger partial charge is 0.497 e. The summed E-state index contributed by atoms with van der Waals surface area (Å²) in [4.78, 5) is 2.28. The summed E-state index contributed by atoms with van der Waals surface area (Å²) in [5.41, 5.74) is 6.73. The molecule has 0 aromatic heterocycles. The van der Waals surface area contributed by atoms with E-state index in [1.54, 1.807) is 7.11 Å². The Morgan fingerprint density at radius 1 is 1.50 bits per heavy atom. The monoisotopic (exact) mass is 249 g/mol. The van der Waals surface area contributed by atoms with Crippen LogP contribution in [0.15, 0.2) is 24.3 Å².